The molecule has 1 N–H and O–H groups in total. The Morgan fingerprint density at radius 1 is 1.50 bits per heavy atom. The molecule has 0 amide bonds. The number of nitrogens with one attached hydrogen (secondary N) is 1. The van der Waals surface area contributed by atoms with E-state index in [1.165, 1.54) is 6.20 Å². The number of benzene rings is 1. The van der Waals surface area contributed by atoms with Crippen LogP contribution in [-0.4, -0.2) is 12.0 Å². The van der Waals surface area contributed by atoms with Gasteiger partial charge in [0.15, 0.2) is 5.76 Å². The van der Waals surface area contributed by atoms with Crippen LogP contribution >= 0.6 is 15.9 Å². The molecule has 1 heterocycles. The van der Waals surface area contributed by atoms with Crippen molar-refractivity contribution in [3.63, 3.8) is 0 Å². The van der Waals surface area contributed by atoms with E-state index in [-0.39, 0.29) is 5.82 Å². The largest absolute Gasteiger partial charge is 0.439 e. The molecule has 1 aromatic heterocycles. The molecule has 0 atom stereocenters. The van der Waals surface area contributed by atoms with Crippen molar-refractivity contribution in [2.24, 2.45) is 0 Å². The summed E-state index contributed by atoms with van der Waals surface area (Å²) in [6, 6.07) is 5.05. The normalized spacial score (nSPS) is 10.7. The molecule has 84 valence electrons. The zero-order chi connectivity index (χ0) is 11.5. The van der Waals surface area contributed by atoms with Crippen molar-refractivity contribution >= 4 is 15.9 Å². The highest BCUT2D eigenvalue weighted by atomic mass is 79.9. The third kappa shape index (κ3) is 2.15. The minimum absolute atomic E-state index is 0.338. The van der Waals surface area contributed by atoms with Crippen LogP contribution in [0.25, 0.3) is 11.3 Å². The first-order valence-corrected chi connectivity index (χ1v) is 5.55. The third-order valence-electron chi connectivity index (χ3n) is 2.10. The van der Waals surface area contributed by atoms with Gasteiger partial charge in [-0.2, -0.15) is 0 Å². The summed E-state index contributed by atoms with van der Waals surface area (Å²) in [6.07, 6.45) is 1.53. The van der Waals surface area contributed by atoms with E-state index in [1.807, 2.05) is 0 Å². The second-order valence-corrected chi connectivity index (χ2v) is 4.10. The van der Waals surface area contributed by atoms with E-state index < -0.39 is 0 Å². The fourth-order valence-electron chi connectivity index (χ4n) is 1.36. The van der Waals surface area contributed by atoms with Gasteiger partial charge in [0.2, 0.25) is 5.89 Å². The topological polar surface area (TPSA) is 38.1 Å². The number of halogens is 2. The highest BCUT2D eigenvalue weighted by Crippen LogP contribution is 2.28. The van der Waals surface area contributed by atoms with E-state index >= 15 is 0 Å². The summed E-state index contributed by atoms with van der Waals surface area (Å²) in [6.45, 7) is 0.523. The highest BCUT2D eigenvalue weighted by molar-refractivity contribution is 9.10. The fourth-order valence-corrected chi connectivity index (χ4v) is 1.73. The Morgan fingerprint density at radius 2 is 2.31 bits per heavy atom. The van der Waals surface area contributed by atoms with Gasteiger partial charge in [-0.05, 0) is 35.1 Å². The maximum atomic E-state index is 13.7. The minimum Gasteiger partial charge on any atom is -0.439 e. The smallest absolute Gasteiger partial charge is 0.208 e. The fraction of sp³-hybridized carbons (Fsp3) is 0.182. The third-order valence-corrected chi connectivity index (χ3v) is 2.71. The molecule has 1 aromatic carbocycles. The van der Waals surface area contributed by atoms with Gasteiger partial charge in [-0.1, -0.05) is 6.07 Å². The SMILES string of the molecule is CNCc1ncc(-c2cccc(Br)c2F)o1. The van der Waals surface area contributed by atoms with Crippen LogP contribution < -0.4 is 5.32 Å². The molecule has 5 heteroatoms. The Morgan fingerprint density at radius 3 is 3.06 bits per heavy atom. The Labute approximate surface area is 101 Å². The van der Waals surface area contributed by atoms with Gasteiger partial charge in [0, 0.05) is 0 Å². The molecule has 0 unspecified atom stereocenters. The van der Waals surface area contributed by atoms with Crippen molar-refractivity contribution in [2.75, 3.05) is 7.05 Å². The first-order valence-electron chi connectivity index (χ1n) is 4.76. The summed E-state index contributed by atoms with van der Waals surface area (Å²) in [4.78, 5) is 4.04. The monoisotopic (exact) mass is 284 g/mol. The molecule has 0 fully saturated rings. The molecule has 3 nitrogen and oxygen atoms in total. The second kappa shape index (κ2) is 4.76. The molecule has 0 spiro atoms. The quantitative estimate of drug-likeness (QED) is 0.942. The van der Waals surface area contributed by atoms with Crippen molar-refractivity contribution in [3.8, 4) is 11.3 Å². The Hall–Kier alpha value is -1.20. The van der Waals surface area contributed by atoms with Gasteiger partial charge in [0.05, 0.1) is 22.8 Å². The molecule has 0 saturated carbocycles. The molecule has 0 aliphatic carbocycles. The lowest BCUT2D eigenvalue weighted by molar-refractivity contribution is 0.487. The Bertz CT molecular complexity index is 498. The maximum absolute atomic E-state index is 13.7. The van der Waals surface area contributed by atoms with E-state index in [4.69, 9.17) is 4.42 Å². The van der Waals surface area contributed by atoms with Crippen molar-refractivity contribution < 1.29 is 8.81 Å². The van der Waals surface area contributed by atoms with Gasteiger partial charge >= 0.3 is 0 Å². The molecular weight excluding hydrogens is 275 g/mol. The van der Waals surface area contributed by atoms with Crippen LogP contribution in [0.2, 0.25) is 0 Å². The van der Waals surface area contributed by atoms with E-state index in [0.717, 1.165) is 0 Å². The van der Waals surface area contributed by atoms with E-state index in [0.29, 0.717) is 28.2 Å². The van der Waals surface area contributed by atoms with Gasteiger partial charge in [-0.3, -0.25) is 0 Å². The van der Waals surface area contributed by atoms with Crippen LogP contribution in [0.4, 0.5) is 4.39 Å². The van der Waals surface area contributed by atoms with Gasteiger partial charge < -0.3 is 9.73 Å². The first kappa shape index (κ1) is 11.3. The molecule has 0 radical (unpaired) electrons. The van der Waals surface area contributed by atoms with Gasteiger partial charge in [0.1, 0.15) is 5.82 Å². The van der Waals surface area contributed by atoms with Crippen LogP contribution in [0, 0.1) is 5.82 Å². The number of aromatic nitrogens is 1. The lowest BCUT2D eigenvalue weighted by atomic mass is 10.2. The molecule has 0 aliphatic rings. The molecule has 16 heavy (non-hydrogen) atoms. The summed E-state index contributed by atoms with van der Waals surface area (Å²) in [7, 11) is 1.80. The number of oxazole rings is 1. The number of nitrogens with zero attached hydrogens (tertiary/aromatic N) is 1. The van der Waals surface area contributed by atoms with Gasteiger partial charge in [0.25, 0.3) is 0 Å². The average molecular weight is 285 g/mol. The van der Waals surface area contributed by atoms with Crippen LogP contribution in [0.5, 0.6) is 0 Å². The van der Waals surface area contributed by atoms with Gasteiger partial charge in [-0.15, -0.1) is 0 Å². The van der Waals surface area contributed by atoms with Crippen LogP contribution in [0.15, 0.2) is 33.3 Å². The zero-order valence-corrected chi connectivity index (χ0v) is 10.2. The summed E-state index contributed by atoms with van der Waals surface area (Å²) < 4.78 is 19.6. The predicted octanol–water partition coefficient (Wildman–Crippen LogP) is 2.96. The Balaban J connectivity index is 2.39. The maximum Gasteiger partial charge on any atom is 0.208 e. The lowest BCUT2D eigenvalue weighted by Gasteiger charge is -2.00. The van der Waals surface area contributed by atoms with E-state index in [2.05, 4.69) is 26.2 Å². The summed E-state index contributed by atoms with van der Waals surface area (Å²) in [5.41, 5.74) is 0.407. The number of rotatable bonds is 3. The summed E-state index contributed by atoms with van der Waals surface area (Å²) in [5, 5.41) is 2.92. The van der Waals surface area contributed by atoms with Crippen LogP contribution in [0.3, 0.4) is 0 Å². The summed E-state index contributed by atoms with van der Waals surface area (Å²) >= 11 is 3.13. The molecular formula is C11H10BrFN2O. The number of hydrogen-bond acceptors (Lipinski definition) is 3. The minimum atomic E-state index is -0.338. The van der Waals surface area contributed by atoms with Crippen molar-refractivity contribution in [1.82, 2.24) is 10.3 Å². The van der Waals surface area contributed by atoms with E-state index in [1.54, 1.807) is 25.2 Å². The molecule has 0 aliphatic heterocycles. The van der Waals surface area contributed by atoms with Crippen LogP contribution in [0.1, 0.15) is 5.89 Å². The van der Waals surface area contributed by atoms with Crippen molar-refractivity contribution in [2.45, 2.75) is 6.54 Å². The molecule has 0 saturated heterocycles. The molecule has 2 rings (SSSR count). The predicted molar refractivity (Wildman–Crippen MR) is 62.4 cm³/mol. The zero-order valence-electron chi connectivity index (χ0n) is 8.63. The Kier molecular flexibility index (Phi) is 3.36. The summed E-state index contributed by atoms with van der Waals surface area (Å²) in [5.74, 6) is 0.635. The van der Waals surface area contributed by atoms with Gasteiger partial charge in [-0.25, -0.2) is 9.37 Å². The van der Waals surface area contributed by atoms with Crippen LogP contribution in [-0.2, 0) is 6.54 Å². The second-order valence-electron chi connectivity index (χ2n) is 3.25. The standard InChI is InChI=1S/C11H10BrFN2O/c1-14-6-10-15-5-9(16-10)7-3-2-4-8(12)11(7)13/h2-5,14H,6H2,1H3. The molecule has 2 aromatic rings. The van der Waals surface area contributed by atoms with Crippen molar-refractivity contribution in [1.29, 1.82) is 0 Å². The van der Waals surface area contributed by atoms with E-state index in [9.17, 15) is 4.39 Å². The average Bonchev–Trinajstić information content (AvgIpc) is 2.71. The highest BCUT2D eigenvalue weighted by Gasteiger charge is 2.12. The number of hydrogen-bond donors (Lipinski definition) is 1. The first-order chi connectivity index (χ1) is 7.72. The lowest BCUT2D eigenvalue weighted by Crippen LogP contribution is -2.04. The molecule has 0 bridgehead atoms. The van der Waals surface area contributed by atoms with Crippen molar-refractivity contribution in [3.05, 3.63) is 40.6 Å².